The van der Waals surface area contributed by atoms with Crippen LogP contribution in [0, 0.1) is 0 Å². The Bertz CT molecular complexity index is 1430. The number of benzene rings is 3. The fourth-order valence-corrected chi connectivity index (χ4v) is 4.19. The van der Waals surface area contributed by atoms with Gasteiger partial charge in [0, 0.05) is 29.9 Å². The molecule has 1 heterocycles. The number of nitrogens with one attached hydrogen (secondary N) is 4. The van der Waals surface area contributed by atoms with Crippen molar-refractivity contribution >= 4 is 46.9 Å². The summed E-state index contributed by atoms with van der Waals surface area (Å²) in [6.07, 6.45) is 0.240. The molecule has 11 heteroatoms. The average molecular weight is 535 g/mol. The number of fused-ring (bicyclic) bond motifs is 1. The van der Waals surface area contributed by atoms with Crippen molar-refractivity contribution in [2.75, 3.05) is 11.9 Å². The van der Waals surface area contributed by atoms with Crippen LogP contribution >= 0.6 is 11.6 Å². The molecule has 38 heavy (non-hydrogen) atoms. The summed E-state index contributed by atoms with van der Waals surface area (Å²) in [6.45, 7) is -0.164. The number of rotatable bonds is 9. The van der Waals surface area contributed by atoms with Crippen LogP contribution < -0.4 is 21.3 Å². The summed E-state index contributed by atoms with van der Waals surface area (Å²) in [5, 5.41) is 19.8. The lowest BCUT2D eigenvalue weighted by molar-refractivity contribution is -0.139. The van der Waals surface area contributed by atoms with E-state index in [1.807, 2.05) is 6.07 Å². The van der Waals surface area contributed by atoms with Gasteiger partial charge in [0.05, 0.1) is 17.0 Å². The van der Waals surface area contributed by atoms with Crippen LogP contribution in [0.25, 0.3) is 0 Å². The van der Waals surface area contributed by atoms with E-state index in [9.17, 15) is 29.1 Å². The first-order valence-corrected chi connectivity index (χ1v) is 12.0. The normalized spacial score (nSPS) is 12.6. The third kappa shape index (κ3) is 6.16. The number of hydrogen-bond donors (Lipinski definition) is 5. The minimum atomic E-state index is -1.41. The van der Waals surface area contributed by atoms with Crippen molar-refractivity contribution in [3.63, 3.8) is 0 Å². The highest BCUT2D eigenvalue weighted by atomic mass is 35.5. The van der Waals surface area contributed by atoms with Crippen molar-refractivity contribution in [1.82, 2.24) is 16.0 Å². The Morgan fingerprint density at radius 2 is 1.63 bits per heavy atom. The lowest BCUT2D eigenvalue weighted by atomic mass is 10.0. The summed E-state index contributed by atoms with van der Waals surface area (Å²) in [5.74, 6) is -3.16. The molecule has 10 nitrogen and oxygen atoms in total. The van der Waals surface area contributed by atoms with Crippen molar-refractivity contribution in [1.29, 1.82) is 0 Å². The van der Waals surface area contributed by atoms with Crippen LogP contribution in [0.1, 0.15) is 42.2 Å². The molecular formula is C27H23ClN4O6. The number of aliphatic carboxylic acids is 1. The van der Waals surface area contributed by atoms with Gasteiger partial charge in [0.1, 0.15) is 6.04 Å². The number of anilines is 1. The molecule has 3 aromatic rings. The Labute approximate surface area is 222 Å². The molecular weight excluding hydrogens is 512 g/mol. The van der Waals surface area contributed by atoms with Crippen molar-refractivity contribution in [3.05, 3.63) is 99.6 Å². The largest absolute Gasteiger partial charge is 0.480 e. The van der Waals surface area contributed by atoms with Crippen LogP contribution in [0.4, 0.5) is 5.69 Å². The van der Waals surface area contributed by atoms with E-state index in [0.717, 1.165) is 16.8 Å². The van der Waals surface area contributed by atoms with Gasteiger partial charge in [-0.1, -0.05) is 41.9 Å². The van der Waals surface area contributed by atoms with E-state index in [1.165, 1.54) is 18.2 Å². The Balaban J connectivity index is 1.36. The van der Waals surface area contributed by atoms with E-state index in [2.05, 4.69) is 21.3 Å². The molecule has 194 valence electrons. The zero-order chi connectivity index (χ0) is 27.2. The maximum atomic E-state index is 12.7. The first kappa shape index (κ1) is 26.4. The van der Waals surface area contributed by atoms with Crippen LogP contribution in [0.2, 0.25) is 5.02 Å². The van der Waals surface area contributed by atoms with Crippen LogP contribution in [0.5, 0.6) is 0 Å². The van der Waals surface area contributed by atoms with Crippen LogP contribution in [0.3, 0.4) is 0 Å². The van der Waals surface area contributed by atoms with Gasteiger partial charge in [0.25, 0.3) is 17.7 Å². The minimum Gasteiger partial charge on any atom is -0.480 e. The van der Waals surface area contributed by atoms with Gasteiger partial charge < -0.3 is 26.4 Å². The molecule has 4 rings (SSSR count). The Morgan fingerprint density at radius 1 is 0.895 bits per heavy atom. The molecule has 0 bridgehead atoms. The fraction of sp³-hybridized carbons (Fsp3) is 0.148. The second-order valence-corrected chi connectivity index (χ2v) is 8.89. The van der Waals surface area contributed by atoms with Crippen LogP contribution in [-0.4, -0.2) is 47.3 Å². The standard InChI is InChI=1S/C27H23ClN4O6/c28-20-11-16(25(35)29-13-17-7-4-8-21-19(17)12-23(33)31-21)9-10-18(20)26(36)32-22(27(37)38)14-30-24(34)15-5-2-1-3-6-15/h1-11,22H,12-14H2,(H,29,35)(H,30,34)(H,31,33)(H,32,36)(H,37,38)/t22-/m0/s1. The van der Waals surface area contributed by atoms with Gasteiger partial charge in [-0.05, 0) is 47.5 Å². The maximum Gasteiger partial charge on any atom is 0.328 e. The molecule has 0 radical (unpaired) electrons. The average Bonchev–Trinajstić information content (AvgIpc) is 3.30. The zero-order valence-corrected chi connectivity index (χ0v) is 20.7. The zero-order valence-electron chi connectivity index (χ0n) is 19.9. The number of carbonyl (C=O) groups excluding carboxylic acids is 4. The number of amides is 4. The van der Waals surface area contributed by atoms with Gasteiger partial charge in [-0.25, -0.2) is 4.79 Å². The smallest absolute Gasteiger partial charge is 0.328 e. The molecule has 0 unspecified atom stereocenters. The van der Waals surface area contributed by atoms with Gasteiger partial charge in [-0.15, -0.1) is 0 Å². The topological polar surface area (TPSA) is 154 Å². The number of carboxylic acid groups (broad SMARTS) is 1. The summed E-state index contributed by atoms with van der Waals surface area (Å²) in [4.78, 5) is 60.9. The predicted molar refractivity (Wildman–Crippen MR) is 139 cm³/mol. The molecule has 3 aromatic carbocycles. The number of hydrogen-bond acceptors (Lipinski definition) is 5. The van der Waals surface area contributed by atoms with Crippen molar-refractivity contribution < 1.29 is 29.1 Å². The molecule has 1 aliphatic rings. The number of carboxylic acids is 1. The molecule has 0 fully saturated rings. The fourth-order valence-electron chi connectivity index (χ4n) is 3.92. The van der Waals surface area contributed by atoms with Gasteiger partial charge >= 0.3 is 5.97 Å². The van der Waals surface area contributed by atoms with Gasteiger partial charge in [0.15, 0.2) is 0 Å². The van der Waals surface area contributed by atoms with Crippen LogP contribution in [0.15, 0.2) is 66.7 Å². The summed E-state index contributed by atoms with van der Waals surface area (Å²) < 4.78 is 0. The van der Waals surface area contributed by atoms with E-state index in [4.69, 9.17) is 11.6 Å². The Hall–Kier alpha value is -4.70. The molecule has 0 saturated carbocycles. The summed E-state index contributed by atoms with van der Waals surface area (Å²) in [7, 11) is 0. The molecule has 1 atom stereocenters. The molecule has 1 aliphatic heterocycles. The second kappa shape index (κ2) is 11.6. The van der Waals surface area contributed by atoms with Crippen LogP contribution in [-0.2, 0) is 22.6 Å². The molecule has 0 spiro atoms. The van der Waals surface area contributed by atoms with E-state index < -0.39 is 29.7 Å². The SMILES string of the molecule is O=C1Cc2c(CNC(=O)c3ccc(C(=O)N[C@@H](CNC(=O)c4ccccc4)C(=O)O)c(Cl)c3)cccc2N1. The van der Waals surface area contributed by atoms with E-state index in [1.54, 1.807) is 42.5 Å². The monoisotopic (exact) mass is 534 g/mol. The van der Waals surface area contributed by atoms with Crippen molar-refractivity contribution in [2.24, 2.45) is 0 Å². The third-order valence-corrected chi connectivity index (χ3v) is 6.22. The quantitative estimate of drug-likeness (QED) is 0.284. The molecule has 0 saturated heterocycles. The van der Waals surface area contributed by atoms with Gasteiger partial charge in [0.2, 0.25) is 5.91 Å². The molecule has 0 aliphatic carbocycles. The third-order valence-electron chi connectivity index (χ3n) is 5.91. The molecule has 0 aromatic heterocycles. The second-order valence-electron chi connectivity index (χ2n) is 8.49. The lowest BCUT2D eigenvalue weighted by Gasteiger charge is -2.16. The first-order chi connectivity index (χ1) is 18.2. The van der Waals surface area contributed by atoms with E-state index >= 15 is 0 Å². The summed E-state index contributed by atoms with van der Waals surface area (Å²) >= 11 is 6.25. The first-order valence-electron chi connectivity index (χ1n) is 11.6. The van der Waals surface area contributed by atoms with Gasteiger partial charge in [-0.3, -0.25) is 19.2 Å². The van der Waals surface area contributed by atoms with E-state index in [0.29, 0.717) is 5.56 Å². The van der Waals surface area contributed by atoms with E-state index in [-0.39, 0.29) is 41.6 Å². The highest BCUT2D eigenvalue weighted by molar-refractivity contribution is 6.34. The number of halogens is 1. The summed E-state index contributed by atoms with van der Waals surface area (Å²) in [6, 6.07) is 16.2. The van der Waals surface area contributed by atoms with Crippen molar-refractivity contribution in [2.45, 2.75) is 19.0 Å². The Kier molecular flexibility index (Phi) is 8.03. The highest BCUT2D eigenvalue weighted by Gasteiger charge is 2.24. The maximum absolute atomic E-state index is 12.7. The van der Waals surface area contributed by atoms with Gasteiger partial charge in [-0.2, -0.15) is 0 Å². The molecule has 5 N–H and O–H groups in total. The lowest BCUT2D eigenvalue weighted by Crippen LogP contribution is -2.48. The Morgan fingerprint density at radius 3 is 2.34 bits per heavy atom. The molecule has 4 amide bonds. The summed E-state index contributed by atoms with van der Waals surface area (Å²) in [5.41, 5.74) is 2.86. The minimum absolute atomic E-state index is 0.0330. The number of carbonyl (C=O) groups is 5. The predicted octanol–water partition coefficient (Wildman–Crippen LogP) is 2.38. The highest BCUT2D eigenvalue weighted by Crippen LogP contribution is 2.26. The van der Waals surface area contributed by atoms with Crippen molar-refractivity contribution in [3.8, 4) is 0 Å².